The zero-order chi connectivity index (χ0) is 13.8. The van der Waals surface area contributed by atoms with E-state index < -0.39 is 11.6 Å². The maximum atomic E-state index is 13.9. The Kier molecular flexibility index (Phi) is 4.06. The highest BCUT2D eigenvalue weighted by atomic mass is 19.2. The molecule has 0 aliphatic carbocycles. The van der Waals surface area contributed by atoms with Crippen LogP contribution in [0, 0.1) is 11.6 Å². The van der Waals surface area contributed by atoms with E-state index in [2.05, 4.69) is 11.7 Å². The summed E-state index contributed by atoms with van der Waals surface area (Å²) in [5.41, 5.74) is 0.864. The minimum Gasteiger partial charge on any atom is -0.383 e. The summed E-state index contributed by atoms with van der Waals surface area (Å²) in [5.74, 6) is -1.78. The van der Waals surface area contributed by atoms with E-state index >= 15 is 0 Å². The average molecular weight is 264 g/mol. The summed E-state index contributed by atoms with van der Waals surface area (Å²) < 4.78 is 34.1. The topological polar surface area (TPSA) is 27.1 Å². The Balaban J connectivity index is 2.34. The second-order valence-electron chi connectivity index (χ2n) is 4.02. The Hall–Kier alpha value is -2.01. The lowest BCUT2D eigenvalue weighted by Gasteiger charge is -2.04. The first-order chi connectivity index (χ1) is 9.17. The molecule has 0 saturated carbocycles. The smallest absolute Gasteiger partial charge is 0.167 e. The Bertz CT molecular complexity index is 593. The summed E-state index contributed by atoms with van der Waals surface area (Å²) >= 11 is 0. The van der Waals surface area contributed by atoms with Crippen LogP contribution in [0.15, 0.2) is 31.1 Å². The van der Waals surface area contributed by atoms with E-state index in [0.29, 0.717) is 18.7 Å². The standard InChI is InChI=1S/C14H14F2N2O/c1-3-10-4-5-12(14(16)13(10)15)11-8-17-18(9-11)6-7-19-2/h3-5,8-9H,1,6-7H2,2H3. The van der Waals surface area contributed by atoms with Crippen molar-refractivity contribution in [2.45, 2.75) is 6.54 Å². The minimum atomic E-state index is -0.892. The van der Waals surface area contributed by atoms with Gasteiger partial charge in [0, 0.05) is 30.0 Å². The number of rotatable bonds is 5. The number of halogens is 2. The van der Waals surface area contributed by atoms with Crippen molar-refractivity contribution in [1.29, 1.82) is 0 Å². The maximum Gasteiger partial charge on any atom is 0.167 e. The van der Waals surface area contributed by atoms with Crippen molar-refractivity contribution in [3.8, 4) is 11.1 Å². The molecular formula is C14H14F2N2O. The van der Waals surface area contributed by atoms with Gasteiger partial charge in [-0.05, 0) is 0 Å². The van der Waals surface area contributed by atoms with Crippen molar-refractivity contribution < 1.29 is 13.5 Å². The lowest BCUT2D eigenvalue weighted by atomic mass is 10.1. The Morgan fingerprint density at radius 3 is 2.84 bits per heavy atom. The third-order valence-electron chi connectivity index (χ3n) is 2.80. The maximum absolute atomic E-state index is 13.9. The third-order valence-corrected chi connectivity index (χ3v) is 2.80. The van der Waals surface area contributed by atoms with Gasteiger partial charge >= 0.3 is 0 Å². The van der Waals surface area contributed by atoms with E-state index in [1.54, 1.807) is 18.0 Å². The van der Waals surface area contributed by atoms with E-state index in [1.807, 2.05) is 0 Å². The molecule has 0 aliphatic heterocycles. The molecule has 0 amide bonds. The minimum absolute atomic E-state index is 0.146. The molecule has 0 radical (unpaired) electrons. The second-order valence-corrected chi connectivity index (χ2v) is 4.02. The normalized spacial score (nSPS) is 10.7. The predicted octanol–water partition coefficient (Wildman–Crippen LogP) is 3.12. The molecule has 0 spiro atoms. The molecule has 0 N–H and O–H groups in total. The molecule has 0 saturated heterocycles. The largest absolute Gasteiger partial charge is 0.383 e. The van der Waals surface area contributed by atoms with E-state index in [4.69, 9.17) is 4.74 Å². The number of methoxy groups -OCH3 is 1. The molecule has 0 bridgehead atoms. The SMILES string of the molecule is C=Cc1ccc(-c2cnn(CCOC)c2)c(F)c1F. The van der Waals surface area contributed by atoms with Crippen LogP contribution in [0.3, 0.4) is 0 Å². The monoisotopic (exact) mass is 264 g/mol. The summed E-state index contributed by atoms with van der Waals surface area (Å²) in [6.45, 7) is 4.50. The van der Waals surface area contributed by atoms with Gasteiger partial charge in [-0.1, -0.05) is 24.8 Å². The molecule has 1 heterocycles. The fourth-order valence-corrected chi connectivity index (χ4v) is 1.75. The summed E-state index contributed by atoms with van der Waals surface area (Å²) in [5, 5.41) is 4.07. The van der Waals surface area contributed by atoms with Crippen molar-refractivity contribution in [2.75, 3.05) is 13.7 Å². The second kappa shape index (κ2) is 5.75. The molecule has 19 heavy (non-hydrogen) atoms. The van der Waals surface area contributed by atoms with Crippen LogP contribution >= 0.6 is 0 Å². The third kappa shape index (κ3) is 2.71. The van der Waals surface area contributed by atoms with Gasteiger partial charge in [0.1, 0.15) is 0 Å². The quantitative estimate of drug-likeness (QED) is 0.829. The molecular weight excluding hydrogens is 250 g/mol. The van der Waals surface area contributed by atoms with Crippen LogP contribution in [0.1, 0.15) is 5.56 Å². The summed E-state index contributed by atoms with van der Waals surface area (Å²) in [6, 6.07) is 3.01. The Morgan fingerprint density at radius 1 is 1.37 bits per heavy atom. The fraction of sp³-hybridized carbons (Fsp3) is 0.214. The summed E-state index contributed by atoms with van der Waals surface area (Å²) in [7, 11) is 1.59. The van der Waals surface area contributed by atoms with Crippen molar-refractivity contribution in [2.24, 2.45) is 0 Å². The molecule has 2 aromatic rings. The van der Waals surface area contributed by atoms with E-state index in [0.717, 1.165) is 0 Å². The molecule has 3 nitrogen and oxygen atoms in total. The number of aromatic nitrogens is 2. The van der Waals surface area contributed by atoms with Gasteiger partial charge in [-0.15, -0.1) is 0 Å². The molecule has 1 aromatic heterocycles. The average Bonchev–Trinajstić information content (AvgIpc) is 2.88. The molecule has 5 heteroatoms. The van der Waals surface area contributed by atoms with Crippen LogP contribution in [-0.4, -0.2) is 23.5 Å². The first-order valence-electron chi connectivity index (χ1n) is 5.79. The number of nitrogens with zero attached hydrogens (tertiary/aromatic N) is 2. The molecule has 2 rings (SSSR count). The number of hydrogen-bond acceptors (Lipinski definition) is 2. The highest BCUT2D eigenvalue weighted by molar-refractivity contribution is 5.65. The van der Waals surface area contributed by atoms with Gasteiger partial charge in [0.25, 0.3) is 0 Å². The highest BCUT2D eigenvalue weighted by Gasteiger charge is 2.14. The highest BCUT2D eigenvalue weighted by Crippen LogP contribution is 2.26. The summed E-state index contributed by atoms with van der Waals surface area (Å²) in [4.78, 5) is 0. The van der Waals surface area contributed by atoms with Gasteiger partial charge in [0.2, 0.25) is 0 Å². The van der Waals surface area contributed by atoms with E-state index in [1.165, 1.54) is 24.4 Å². The van der Waals surface area contributed by atoms with Gasteiger partial charge in [0.15, 0.2) is 11.6 Å². The number of hydrogen-bond donors (Lipinski definition) is 0. The Labute approximate surface area is 110 Å². The molecule has 0 fully saturated rings. The van der Waals surface area contributed by atoms with Crippen LogP contribution in [0.25, 0.3) is 17.2 Å². The van der Waals surface area contributed by atoms with Gasteiger partial charge in [-0.3, -0.25) is 4.68 Å². The zero-order valence-corrected chi connectivity index (χ0v) is 10.6. The first kappa shape index (κ1) is 13.4. The lowest BCUT2D eigenvalue weighted by Crippen LogP contribution is -2.03. The van der Waals surface area contributed by atoms with Crippen LogP contribution in [-0.2, 0) is 11.3 Å². The molecule has 0 atom stereocenters. The van der Waals surface area contributed by atoms with Crippen molar-refractivity contribution >= 4 is 6.08 Å². The van der Waals surface area contributed by atoms with E-state index in [9.17, 15) is 8.78 Å². The van der Waals surface area contributed by atoms with Gasteiger partial charge in [-0.25, -0.2) is 8.78 Å². The molecule has 0 aliphatic rings. The van der Waals surface area contributed by atoms with Crippen LogP contribution < -0.4 is 0 Å². The zero-order valence-electron chi connectivity index (χ0n) is 10.6. The van der Waals surface area contributed by atoms with Crippen LogP contribution in [0.5, 0.6) is 0 Å². The van der Waals surface area contributed by atoms with Gasteiger partial charge in [-0.2, -0.15) is 5.10 Å². The fourth-order valence-electron chi connectivity index (χ4n) is 1.75. The number of ether oxygens (including phenoxy) is 1. The molecule has 1 aromatic carbocycles. The summed E-state index contributed by atoms with van der Waals surface area (Å²) in [6.07, 6.45) is 4.44. The predicted molar refractivity (Wildman–Crippen MR) is 69.5 cm³/mol. The van der Waals surface area contributed by atoms with E-state index in [-0.39, 0.29) is 11.1 Å². The van der Waals surface area contributed by atoms with Gasteiger partial charge < -0.3 is 4.74 Å². The first-order valence-corrected chi connectivity index (χ1v) is 5.79. The Morgan fingerprint density at radius 2 is 2.16 bits per heavy atom. The van der Waals surface area contributed by atoms with Crippen LogP contribution in [0.2, 0.25) is 0 Å². The van der Waals surface area contributed by atoms with Gasteiger partial charge in [0.05, 0.1) is 19.3 Å². The van der Waals surface area contributed by atoms with Crippen molar-refractivity contribution in [3.63, 3.8) is 0 Å². The molecule has 0 unspecified atom stereocenters. The molecule has 100 valence electrons. The van der Waals surface area contributed by atoms with Crippen molar-refractivity contribution in [3.05, 3.63) is 48.3 Å². The van der Waals surface area contributed by atoms with Crippen molar-refractivity contribution in [1.82, 2.24) is 9.78 Å². The number of benzene rings is 1. The van der Waals surface area contributed by atoms with Crippen LogP contribution in [0.4, 0.5) is 8.78 Å². The lowest BCUT2D eigenvalue weighted by molar-refractivity contribution is 0.183.